The van der Waals surface area contributed by atoms with Crippen LogP contribution in [-0.2, 0) is 14.3 Å². The summed E-state index contributed by atoms with van der Waals surface area (Å²) in [4.78, 5) is 11.9. The van der Waals surface area contributed by atoms with E-state index in [2.05, 4.69) is 15.0 Å². The number of ether oxygens (including phenoxy) is 2. The van der Waals surface area contributed by atoms with Gasteiger partial charge in [-0.3, -0.25) is 0 Å². The van der Waals surface area contributed by atoms with Crippen molar-refractivity contribution in [2.45, 2.75) is 25.6 Å². The average molecular weight is 308 g/mol. The topological polar surface area (TPSA) is 82.2 Å². The minimum Gasteiger partial charge on any atom is -0.389 e. The SMILES string of the molecule is COC(CON=C(N)c1ccc(N2CCCCC2)nc1)OC. The van der Waals surface area contributed by atoms with Crippen molar-refractivity contribution in [2.24, 2.45) is 10.9 Å². The summed E-state index contributed by atoms with van der Waals surface area (Å²) in [5.74, 6) is 1.26. The van der Waals surface area contributed by atoms with E-state index in [0.717, 1.165) is 24.5 Å². The van der Waals surface area contributed by atoms with Crippen LogP contribution in [0.3, 0.4) is 0 Å². The Morgan fingerprint density at radius 2 is 2.00 bits per heavy atom. The number of piperidine rings is 1. The van der Waals surface area contributed by atoms with E-state index in [1.165, 1.54) is 33.5 Å². The number of rotatable bonds is 7. The first-order valence-electron chi connectivity index (χ1n) is 7.47. The van der Waals surface area contributed by atoms with Gasteiger partial charge in [-0.1, -0.05) is 5.16 Å². The van der Waals surface area contributed by atoms with E-state index < -0.39 is 6.29 Å². The van der Waals surface area contributed by atoms with E-state index in [-0.39, 0.29) is 12.4 Å². The number of pyridine rings is 1. The van der Waals surface area contributed by atoms with Gasteiger partial charge in [0.15, 0.2) is 18.7 Å². The van der Waals surface area contributed by atoms with Crippen LogP contribution in [0.4, 0.5) is 5.82 Å². The molecule has 1 aliphatic heterocycles. The molecule has 0 aliphatic carbocycles. The van der Waals surface area contributed by atoms with Crippen LogP contribution in [0.5, 0.6) is 0 Å². The highest BCUT2D eigenvalue weighted by Gasteiger charge is 2.12. The van der Waals surface area contributed by atoms with Crippen molar-refractivity contribution < 1.29 is 14.3 Å². The molecule has 1 saturated heterocycles. The Kier molecular flexibility index (Phi) is 6.42. The Morgan fingerprint density at radius 3 is 2.59 bits per heavy atom. The molecule has 1 aliphatic rings. The Bertz CT molecular complexity index is 468. The molecule has 0 spiro atoms. The van der Waals surface area contributed by atoms with Crippen molar-refractivity contribution in [3.05, 3.63) is 23.9 Å². The van der Waals surface area contributed by atoms with Gasteiger partial charge in [0.1, 0.15) is 5.82 Å². The van der Waals surface area contributed by atoms with Crippen molar-refractivity contribution in [3.8, 4) is 0 Å². The highest BCUT2D eigenvalue weighted by molar-refractivity contribution is 5.96. The monoisotopic (exact) mass is 308 g/mol. The van der Waals surface area contributed by atoms with Crippen molar-refractivity contribution >= 4 is 11.7 Å². The van der Waals surface area contributed by atoms with Gasteiger partial charge in [-0.25, -0.2) is 4.98 Å². The van der Waals surface area contributed by atoms with E-state index in [9.17, 15) is 0 Å². The maximum atomic E-state index is 5.88. The number of aromatic nitrogens is 1. The number of nitrogens with two attached hydrogens (primary N) is 1. The summed E-state index contributed by atoms with van der Waals surface area (Å²) in [6.07, 6.45) is 5.00. The molecule has 1 aromatic rings. The molecule has 2 rings (SSSR count). The molecule has 1 fully saturated rings. The standard InChI is InChI=1S/C15H24N4O3/c1-20-14(21-2)11-22-18-15(16)12-6-7-13(17-10-12)19-8-4-3-5-9-19/h6-7,10,14H,3-5,8-9,11H2,1-2H3,(H2,16,18). The zero-order chi connectivity index (χ0) is 15.8. The third-order valence-corrected chi connectivity index (χ3v) is 3.62. The molecule has 0 saturated carbocycles. The van der Waals surface area contributed by atoms with E-state index in [1.54, 1.807) is 6.20 Å². The van der Waals surface area contributed by atoms with Gasteiger partial charge in [0.2, 0.25) is 0 Å². The summed E-state index contributed by atoms with van der Waals surface area (Å²) in [5, 5.41) is 3.85. The molecule has 1 aromatic heterocycles. The lowest BCUT2D eigenvalue weighted by Crippen LogP contribution is -2.30. The molecule has 0 amide bonds. The summed E-state index contributed by atoms with van der Waals surface area (Å²) >= 11 is 0. The lowest BCUT2D eigenvalue weighted by Gasteiger charge is -2.27. The number of methoxy groups -OCH3 is 2. The van der Waals surface area contributed by atoms with Gasteiger partial charge in [0.05, 0.1) is 0 Å². The quantitative estimate of drug-likeness (QED) is 0.354. The summed E-state index contributed by atoms with van der Waals surface area (Å²) in [5.41, 5.74) is 6.61. The fourth-order valence-corrected chi connectivity index (χ4v) is 2.30. The van der Waals surface area contributed by atoms with Crippen molar-refractivity contribution in [2.75, 3.05) is 38.8 Å². The number of oxime groups is 1. The zero-order valence-electron chi connectivity index (χ0n) is 13.2. The molecule has 2 heterocycles. The largest absolute Gasteiger partial charge is 0.389 e. The van der Waals surface area contributed by atoms with Gasteiger partial charge in [0, 0.05) is 39.1 Å². The lowest BCUT2D eigenvalue weighted by molar-refractivity contribution is -0.140. The molecule has 22 heavy (non-hydrogen) atoms. The van der Waals surface area contributed by atoms with Gasteiger partial charge in [-0.15, -0.1) is 0 Å². The van der Waals surface area contributed by atoms with Crippen LogP contribution in [0.2, 0.25) is 0 Å². The van der Waals surface area contributed by atoms with E-state index in [0.29, 0.717) is 0 Å². The lowest BCUT2D eigenvalue weighted by atomic mass is 10.1. The highest BCUT2D eigenvalue weighted by atomic mass is 16.7. The normalized spacial score (nSPS) is 16.1. The summed E-state index contributed by atoms with van der Waals surface area (Å²) < 4.78 is 9.99. The molecule has 0 unspecified atom stereocenters. The Labute approximate surface area is 131 Å². The number of nitrogens with zero attached hydrogens (tertiary/aromatic N) is 3. The van der Waals surface area contributed by atoms with Crippen LogP contribution in [0.15, 0.2) is 23.5 Å². The van der Waals surface area contributed by atoms with Crippen LogP contribution in [0.25, 0.3) is 0 Å². The molecule has 2 N–H and O–H groups in total. The second-order valence-corrected chi connectivity index (χ2v) is 5.13. The molecule has 0 aromatic carbocycles. The number of anilines is 1. The minimum absolute atomic E-state index is 0.174. The number of hydrogen-bond donors (Lipinski definition) is 1. The Morgan fingerprint density at radius 1 is 1.27 bits per heavy atom. The van der Waals surface area contributed by atoms with E-state index in [1.807, 2.05) is 12.1 Å². The van der Waals surface area contributed by atoms with Crippen molar-refractivity contribution in [1.82, 2.24) is 4.98 Å². The number of amidine groups is 1. The first-order chi connectivity index (χ1) is 10.7. The fourth-order valence-electron chi connectivity index (χ4n) is 2.30. The van der Waals surface area contributed by atoms with Gasteiger partial charge < -0.3 is 24.9 Å². The molecule has 7 nitrogen and oxygen atoms in total. The van der Waals surface area contributed by atoms with Gasteiger partial charge >= 0.3 is 0 Å². The molecule has 7 heteroatoms. The minimum atomic E-state index is -0.462. The van der Waals surface area contributed by atoms with Crippen LogP contribution >= 0.6 is 0 Å². The average Bonchev–Trinajstić information content (AvgIpc) is 2.59. The number of hydrogen-bond acceptors (Lipinski definition) is 6. The van der Waals surface area contributed by atoms with Crippen molar-refractivity contribution in [1.29, 1.82) is 0 Å². The Hall–Kier alpha value is -1.86. The fraction of sp³-hybridized carbons (Fsp3) is 0.600. The van der Waals surface area contributed by atoms with Gasteiger partial charge in [-0.05, 0) is 31.4 Å². The molecule has 0 radical (unpaired) electrons. The molecule has 122 valence electrons. The maximum Gasteiger partial charge on any atom is 0.193 e. The predicted molar refractivity (Wildman–Crippen MR) is 84.8 cm³/mol. The Balaban J connectivity index is 1.91. The van der Waals surface area contributed by atoms with E-state index in [4.69, 9.17) is 20.0 Å². The molecule has 0 atom stereocenters. The van der Waals surface area contributed by atoms with E-state index >= 15 is 0 Å². The van der Waals surface area contributed by atoms with Gasteiger partial charge in [0.25, 0.3) is 0 Å². The van der Waals surface area contributed by atoms with Crippen LogP contribution < -0.4 is 10.6 Å². The summed E-state index contributed by atoms with van der Waals surface area (Å²) in [7, 11) is 3.07. The second kappa shape index (κ2) is 8.55. The van der Waals surface area contributed by atoms with Crippen molar-refractivity contribution in [3.63, 3.8) is 0 Å². The summed E-state index contributed by atoms with van der Waals surface area (Å²) in [6, 6.07) is 3.87. The third kappa shape index (κ3) is 4.57. The zero-order valence-corrected chi connectivity index (χ0v) is 13.2. The maximum absolute atomic E-state index is 5.88. The van der Waals surface area contributed by atoms with Gasteiger partial charge in [-0.2, -0.15) is 0 Å². The summed E-state index contributed by atoms with van der Waals surface area (Å²) in [6.45, 7) is 2.30. The first kappa shape index (κ1) is 16.5. The molecule has 0 bridgehead atoms. The second-order valence-electron chi connectivity index (χ2n) is 5.13. The predicted octanol–water partition coefficient (Wildman–Crippen LogP) is 1.33. The third-order valence-electron chi connectivity index (χ3n) is 3.62. The van der Waals surface area contributed by atoms with Crippen LogP contribution in [0.1, 0.15) is 24.8 Å². The van der Waals surface area contributed by atoms with Crippen LogP contribution in [0, 0.1) is 0 Å². The highest BCUT2D eigenvalue weighted by Crippen LogP contribution is 2.17. The smallest absolute Gasteiger partial charge is 0.193 e. The molecular formula is C15H24N4O3. The first-order valence-corrected chi connectivity index (χ1v) is 7.47. The molecular weight excluding hydrogens is 284 g/mol. The van der Waals surface area contributed by atoms with Crippen LogP contribution in [-0.4, -0.2) is 51.0 Å².